The van der Waals surface area contributed by atoms with Crippen molar-refractivity contribution in [3.8, 4) is 11.1 Å². The molecule has 0 N–H and O–H groups in total. The molecule has 0 fully saturated rings. The highest BCUT2D eigenvalue weighted by molar-refractivity contribution is 6.17. The molecule has 0 saturated heterocycles. The molecule has 0 bridgehead atoms. The molecule has 1 aromatic heterocycles. The van der Waals surface area contributed by atoms with Gasteiger partial charge in [-0.25, -0.2) is 9.37 Å². The van der Waals surface area contributed by atoms with Gasteiger partial charge in [0.25, 0.3) is 0 Å². The molecule has 0 unspecified atom stereocenters. The van der Waals surface area contributed by atoms with Gasteiger partial charge in [-0.05, 0) is 29.3 Å². The highest BCUT2D eigenvalue weighted by Gasteiger charge is 2.06. The summed E-state index contributed by atoms with van der Waals surface area (Å²) >= 11 is 5.72. The van der Waals surface area contributed by atoms with E-state index in [4.69, 9.17) is 11.6 Å². The third kappa shape index (κ3) is 2.19. The van der Waals surface area contributed by atoms with Crippen LogP contribution in [-0.2, 0) is 5.88 Å². The number of alkyl halides is 1. The maximum absolute atomic E-state index is 12.9. The highest BCUT2D eigenvalue weighted by Crippen LogP contribution is 2.24. The van der Waals surface area contributed by atoms with E-state index in [1.807, 2.05) is 0 Å². The second kappa shape index (κ2) is 4.58. The fourth-order valence-corrected chi connectivity index (χ4v) is 1.69. The van der Waals surface area contributed by atoms with E-state index in [9.17, 15) is 8.78 Å². The Labute approximate surface area is 96.7 Å². The van der Waals surface area contributed by atoms with Crippen molar-refractivity contribution in [2.24, 2.45) is 0 Å². The van der Waals surface area contributed by atoms with E-state index in [1.54, 1.807) is 12.1 Å². The number of hydrogen-bond acceptors (Lipinski definition) is 1. The van der Waals surface area contributed by atoms with Crippen molar-refractivity contribution in [3.63, 3.8) is 0 Å². The van der Waals surface area contributed by atoms with Crippen molar-refractivity contribution in [2.75, 3.05) is 0 Å². The number of benzene rings is 1. The monoisotopic (exact) mass is 239 g/mol. The average molecular weight is 240 g/mol. The van der Waals surface area contributed by atoms with Gasteiger partial charge in [0.15, 0.2) is 0 Å². The zero-order valence-electron chi connectivity index (χ0n) is 8.25. The fourth-order valence-electron chi connectivity index (χ4n) is 1.47. The predicted molar refractivity (Wildman–Crippen MR) is 59.1 cm³/mol. The van der Waals surface area contributed by atoms with Gasteiger partial charge >= 0.3 is 0 Å². The van der Waals surface area contributed by atoms with Crippen LogP contribution in [0.2, 0.25) is 0 Å². The standard InChI is InChI=1S/C12H8ClF2N/c13-6-9-5-12(15)16-7-11(9)8-1-3-10(14)4-2-8/h1-5,7H,6H2. The van der Waals surface area contributed by atoms with Crippen molar-refractivity contribution in [1.82, 2.24) is 4.98 Å². The zero-order chi connectivity index (χ0) is 11.5. The van der Waals surface area contributed by atoms with E-state index in [0.717, 1.165) is 11.1 Å². The molecule has 1 heterocycles. The number of rotatable bonds is 2. The normalized spacial score (nSPS) is 10.4. The first-order valence-electron chi connectivity index (χ1n) is 4.67. The summed E-state index contributed by atoms with van der Waals surface area (Å²) in [6.45, 7) is 0. The molecular weight excluding hydrogens is 232 g/mol. The third-order valence-electron chi connectivity index (χ3n) is 2.26. The van der Waals surface area contributed by atoms with Crippen LogP contribution in [0.4, 0.5) is 8.78 Å². The van der Waals surface area contributed by atoms with E-state index in [0.29, 0.717) is 5.56 Å². The van der Waals surface area contributed by atoms with Gasteiger partial charge in [0.2, 0.25) is 5.95 Å². The van der Waals surface area contributed by atoms with E-state index in [1.165, 1.54) is 24.4 Å². The molecule has 0 aliphatic carbocycles. The lowest BCUT2D eigenvalue weighted by molar-refractivity contribution is 0.582. The Morgan fingerprint density at radius 2 is 1.81 bits per heavy atom. The summed E-state index contributed by atoms with van der Waals surface area (Å²) in [5.74, 6) is -0.695. The lowest BCUT2D eigenvalue weighted by Crippen LogP contribution is -1.91. The fraction of sp³-hybridized carbons (Fsp3) is 0.0833. The maximum Gasteiger partial charge on any atom is 0.213 e. The predicted octanol–water partition coefficient (Wildman–Crippen LogP) is 3.77. The third-order valence-corrected chi connectivity index (χ3v) is 2.54. The molecule has 0 spiro atoms. The summed E-state index contributed by atoms with van der Waals surface area (Å²) in [5, 5.41) is 0. The summed E-state index contributed by atoms with van der Waals surface area (Å²) in [6.07, 6.45) is 1.40. The van der Waals surface area contributed by atoms with Crippen molar-refractivity contribution in [3.05, 3.63) is 53.9 Å². The molecule has 82 valence electrons. The highest BCUT2D eigenvalue weighted by atomic mass is 35.5. The first-order valence-corrected chi connectivity index (χ1v) is 5.20. The molecule has 0 amide bonds. The lowest BCUT2D eigenvalue weighted by Gasteiger charge is -2.06. The summed E-state index contributed by atoms with van der Waals surface area (Å²) in [6, 6.07) is 7.19. The molecule has 0 radical (unpaired) electrons. The molecule has 0 saturated carbocycles. The van der Waals surface area contributed by atoms with Gasteiger partial charge in [0.05, 0.1) is 0 Å². The Morgan fingerprint density at radius 1 is 1.12 bits per heavy atom. The van der Waals surface area contributed by atoms with Crippen LogP contribution < -0.4 is 0 Å². The SMILES string of the molecule is Fc1ccc(-c2cnc(F)cc2CCl)cc1. The van der Waals surface area contributed by atoms with Gasteiger partial charge in [-0.3, -0.25) is 0 Å². The zero-order valence-corrected chi connectivity index (χ0v) is 9.01. The molecule has 0 aliphatic rings. The Morgan fingerprint density at radius 3 is 2.44 bits per heavy atom. The summed E-state index contributed by atoms with van der Waals surface area (Å²) < 4.78 is 25.6. The smallest absolute Gasteiger partial charge is 0.213 e. The number of hydrogen-bond donors (Lipinski definition) is 0. The Bertz CT molecular complexity index is 497. The molecule has 0 atom stereocenters. The Hall–Kier alpha value is -1.48. The molecule has 2 rings (SSSR count). The Kier molecular flexibility index (Phi) is 3.15. The Balaban J connectivity index is 2.51. The number of pyridine rings is 1. The number of nitrogens with zero attached hydrogens (tertiary/aromatic N) is 1. The first kappa shape index (κ1) is 11.0. The molecule has 1 nitrogen and oxygen atoms in total. The molecule has 2 aromatic rings. The second-order valence-corrected chi connectivity index (χ2v) is 3.57. The van der Waals surface area contributed by atoms with Crippen molar-refractivity contribution in [2.45, 2.75) is 5.88 Å². The van der Waals surface area contributed by atoms with Crippen molar-refractivity contribution in [1.29, 1.82) is 0 Å². The van der Waals surface area contributed by atoms with E-state index in [-0.39, 0.29) is 11.7 Å². The van der Waals surface area contributed by atoms with Crippen LogP contribution in [0.5, 0.6) is 0 Å². The van der Waals surface area contributed by atoms with Gasteiger partial charge in [-0.2, -0.15) is 4.39 Å². The van der Waals surface area contributed by atoms with Crippen LogP contribution in [0.25, 0.3) is 11.1 Å². The largest absolute Gasteiger partial charge is 0.228 e. The van der Waals surface area contributed by atoms with Gasteiger partial charge in [0.1, 0.15) is 5.82 Å². The van der Waals surface area contributed by atoms with Crippen LogP contribution >= 0.6 is 11.6 Å². The molecule has 1 aromatic carbocycles. The quantitative estimate of drug-likeness (QED) is 0.574. The van der Waals surface area contributed by atoms with E-state index >= 15 is 0 Å². The maximum atomic E-state index is 12.9. The van der Waals surface area contributed by atoms with E-state index < -0.39 is 5.95 Å². The first-order chi connectivity index (χ1) is 7.70. The minimum Gasteiger partial charge on any atom is -0.228 e. The number of aromatic nitrogens is 1. The van der Waals surface area contributed by atoms with Gasteiger partial charge in [-0.1, -0.05) is 12.1 Å². The topological polar surface area (TPSA) is 12.9 Å². The molecule has 4 heteroatoms. The molecule has 0 aliphatic heterocycles. The van der Waals surface area contributed by atoms with Crippen LogP contribution in [-0.4, -0.2) is 4.98 Å². The lowest BCUT2D eigenvalue weighted by atomic mass is 10.0. The van der Waals surface area contributed by atoms with E-state index in [2.05, 4.69) is 4.98 Å². The second-order valence-electron chi connectivity index (χ2n) is 3.30. The van der Waals surface area contributed by atoms with Crippen LogP contribution in [0.3, 0.4) is 0 Å². The summed E-state index contributed by atoms with van der Waals surface area (Å²) in [5.41, 5.74) is 2.13. The average Bonchev–Trinajstić information content (AvgIpc) is 2.30. The summed E-state index contributed by atoms with van der Waals surface area (Å²) in [7, 11) is 0. The number of halogens is 3. The molecule has 16 heavy (non-hydrogen) atoms. The van der Waals surface area contributed by atoms with Crippen LogP contribution in [0.15, 0.2) is 36.5 Å². The molecular formula is C12H8ClF2N. The van der Waals surface area contributed by atoms with Crippen LogP contribution in [0, 0.1) is 11.8 Å². The minimum absolute atomic E-state index is 0.187. The van der Waals surface area contributed by atoms with Gasteiger partial charge < -0.3 is 0 Å². The van der Waals surface area contributed by atoms with Crippen molar-refractivity contribution < 1.29 is 8.78 Å². The van der Waals surface area contributed by atoms with Crippen LogP contribution in [0.1, 0.15) is 5.56 Å². The summed E-state index contributed by atoms with van der Waals surface area (Å²) in [4.78, 5) is 3.57. The van der Waals surface area contributed by atoms with Gasteiger partial charge in [0, 0.05) is 17.6 Å². The minimum atomic E-state index is -0.568. The van der Waals surface area contributed by atoms with Gasteiger partial charge in [-0.15, -0.1) is 11.6 Å². The van der Waals surface area contributed by atoms with Crippen molar-refractivity contribution >= 4 is 11.6 Å².